The molecular formula is C12H13N. The average Bonchev–Trinajstić information content (AvgIpc) is 2.18. The van der Waals surface area contributed by atoms with Crippen molar-refractivity contribution in [1.82, 2.24) is 0 Å². The van der Waals surface area contributed by atoms with Gasteiger partial charge in [0.2, 0.25) is 0 Å². The van der Waals surface area contributed by atoms with Crippen molar-refractivity contribution in [2.24, 2.45) is 5.92 Å². The second-order valence-electron chi connectivity index (χ2n) is 3.78. The zero-order valence-electron chi connectivity index (χ0n) is 7.88. The molecule has 0 aliphatic heterocycles. The van der Waals surface area contributed by atoms with Gasteiger partial charge in [-0.15, -0.1) is 0 Å². The van der Waals surface area contributed by atoms with Crippen molar-refractivity contribution < 1.29 is 0 Å². The predicted molar refractivity (Wildman–Crippen MR) is 52.3 cm³/mol. The lowest BCUT2D eigenvalue weighted by Crippen LogP contribution is -2.13. The molecule has 1 atom stereocenters. The fraction of sp³-hybridized carbons (Fsp3) is 0.417. The molecule has 13 heavy (non-hydrogen) atoms. The molecule has 1 aromatic carbocycles. The normalized spacial score (nSPS) is 20.5. The van der Waals surface area contributed by atoms with Gasteiger partial charge in [0, 0.05) is 0 Å². The molecule has 0 radical (unpaired) electrons. The first-order chi connectivity index (χ1) is 6.31. The molecule has 0 bridgehead atoms. The van der Waals surface area contributed by atoms with Crippen molar-refractivity contribution in [2.75, 3.05) is 0 Å². The van der Waals surface area contributed by atoms with Crippen LogP contribution in [0.4, 0.5) is 0 Å². The van der Waals surface area contributed by atoms with Crippen LogP contribution in [0.25, 0.3) is 0 Å². The Morgan fingerprint density at radius 1 is 1.46 bits per heavy atom. The largest absolute Gasteiger partial charge is 0.198 e. The molecule has 1 heteroatoms. The maximum atomic E-state index is 8.84. The van der Waals surface area contributed by atoms with Gasteiger partial charge in [-0.1, -0.05) is 18.2 Å². The van der Waals surface area contributed by atoms with Crippen LogP contribution in [0.1, 0.15) is 23.1 Å². The average molecular weight is 171 g/mol. The minimum atomic E-state index is 0.245. The van der Waals surface area contributed by atoms with Crippen LogP contribution in [0.2, 0.25) is 0 Å². The van der Waals surface area contributed by atoms with Crippen LogP contribution in [0.3, 0.4) is 0 Å². The fourth-order valence-electron chi connectivity index (χ4n) is 2.11. The summed E-state index contributed by atoms with van der Waals surface area (Å²) in [5.74, 6) is 0.245. The summed E-state index contributed by atoms with van der Waals surface area (Å²) in [7, 11) is 0. The highest BCUT2D eigenvalue weighted by Gasteiger charge is 2.18. The van der Waals surface area contributed by atoms with Crippen LogP contribution in [-0.2, 0) is 12.8 Å². The number of hydrogen-bond donors (Lipinski definition) is 0. The molecule has 1 aromatic rings. The second-order valence-corrected chi connectivity index (χ2v) is 3.78. The zero-order valence-corrected chi connectivity index (χ0v) is 7.88. The van der Waals surface area contributed by atoms with Gasteiger partial charge in [-0.25, -0.2) is 0 Å². The Labute approximate surface area is 79.0 Å². The molecule has 1 aliphatic carbocycles. The highest BCUT2D eigenvalue weighted by molar-refractivity contribution is 5.37. The van der Waals surface area contributed by atoms with Crippen LogP contribution in [-0.4, -0.2) is 0 Å². The Morgan fingerprint density at radius 2 is 2.31 bits per heavy atom. The molecule has 1 nitrogen and oxygen atoms in total. The van der Waals surface area contributed by atoms with E-state index in [1.165, 1.54) is 16.7 Å². The molecule has 1 unspecified atom stereocenters. The maximum absolute atomic E-state index is 8.84. The summed E-state index contributed by atoms with van der Waals surface area (Å²) >= 11 is 0. The van der Waals surface area contributed by atoms with E-state index in [9.17, 15) is 0 Å². The topological polar surface area (TPSA) is 23.8 Å². The minimum absolute atomic E-state index is 0.245. The summed E-state index contributed by atoms with van der Waals surface area (Å²) in [6.45, 7) is 2.16. The summed E-state index contributed by atoms with van der Waals surface area (Å²) in [5, 5.41) is 8.84. The molecule has 0 amide bonds. The number of rotatable bonds is 0. The molecule has 0 spiro atoms. The van der Waals surface area contributed by atoms with Gasteiger partial charge >= 0.3 is 0 Å². The summed E-state index contributed by atoms with van der Waals surface area (Å²) in [5.41, 5.74) is 4.25. The number of nitriles is 1. The smallest absolute Gasteiger partial charge is 0.0659 e. The number of nitrogens with zero attached hydrogens (tertiary/aromatic N) is 1. The van der Waals surface area contributed by atoms with Gasteiger partial charge in [0.15, 0.2) is 0 Å². The van der Waals surface area contributed by atoms with Crippen molar-refractivity contribution in [3.05, 3.63) is 34.9 Å². The number of hydrogen-bond acceptors (Lipinski definition) is 1. The summed E-state index contributed by atoms with van der Waals surface area (Å²) < 4.78 is 0. The van der Waals surface area contributed by atoms with E-state index in [4.69, 9.17) is 5.26 Å². The van der Waals surface area contributed by atoms with E-state index in [0.29, 0.717) is 0 Å². The van der Waals surface area contributed by atoms with Crippen molar-refractivity contribution in [2.45, 2.75) is 26.2 Å². The Kier molecular flexibility index (Phi) is 2.06. The summed E-state index contributed by atoms with van der Waals surface area (Å²) in [4.78, 5) is 0. The zero-order chi connectivity index (χ0) is 9.26. The van der Waals surface area contributed by atoms with Gasteiger partial charge in [0.05, 0.1) is 12.0 Å². The van der Waals surface area contributed by atoms with Gasteiger partial charge in [-0.3, -0.25) is 0 Å². The van der Waals surface area contributed by atoms with Crippen LogP contribution in [0.15, 0.2) is 18.2 Å². The maximum Gasteiger partial charge on any atom is 0.0659 e. The highest BCUT2D eigenvalue weighted by Crippen LogP contribution is 2.27. The lowest BCUT2D eigenvalue weighted by Gasteiger charge is -2.21. The summed E-state index contributed by atoms with van der Waals surface area (Å²) in [6.07, 6.45) is 3.07. The first kappa shape index (κ1) is 8.31. The van der Waals surface area contributed by atoms with Crippen LogP contribution in [0.5, 0.6) is 0 Å². The molecule has 0 N–H and O–H groups in total. The highest BCUT2D eigenvalue weighted by atomic mass is 14.3. The molecule has 1 aliphatic rings. The summed E-state index contributed by atoms with van der Waals surface area (Å²) in [6, 6.07) is 8.77. The number of benzene rings is 1. The quantitative estimate of drug-likeness (QED) is 0.588. The fourth-order valence-corrected chi connectivity index (χ4v) is 2.11. The third-order valence-corrected chi connectivity index (χ3v) is 2.90. The Hall–Kier alpha value is -1.29. The van der Waals surface area contributed by atoms with E-state index in [1.54, 1.807) is 0 Å². The molecule has 0 fully saturated rings. The molecule has 66 valence electrons. The molecule has 0 heterocycles. The van der Waals surface area contributed by atoms with Crippen molar-refractivity contribution in [3.8, 4) is 6.07 Å². The van der Waals surface area contributed by atoms with E-state index < -0.39 is 0 Å². The predicted octanol–water partition coefficient (Wildman–Crippen LogP) is 2.62. The third-order valence-electron chi connectivity index (χ3n) is 2.90. The monoisotopic (exact) mass is 171 g/mol. The third kappa shape index (κ3) is 1.45. The SMILES string of the molecule is Cc1cccc2c1CCC(C#N)C2. The minimum Gasteiger partial charge on any atom is -0.198 e. The number of fused-ring (bicyclic) bond motifs is 1. The molecular weight excluding hydrogens is 158 g/mol. The van der Waals surface area contributed by atoms with E-state index in [-0.39, 0.29) is 5.92 Å². The standard InChI is InChI=1S/C12H13N/c1-9-3-2-4-11-7-10(8-13)5-6-12(9)11/h2-4,10H,5-7H2,1H3. The van der Waals surface area contributed by atoms with E-state index in [2.05, 4.69) is 31.2 Å². The van der Waals surface area contributed by atoms with Crippen LogP contribution in [0, 0.1) is 24.2 Å². The Bertz CT molecular complexity index is 360. The first-order valence-corrected chi connectivity index (χ1v) is 4.78. The van der Waals surface area contributed by atoms with Crippen LogP contribution < -0.4 is 0 Å². The second kappa shape index (κ2) is 3.22. The lowest BCUT2D eigenvalue weighted by molar-refractivity contribution is 0.563. The van der Waals surface area contributed by atoms with E-state index in [1.807, 2.05) is 0 Å². The first-order valence-electron chi connectivity index (χ1n) is 4.78. The molecule has 2 rings (SSSR count). The van der Waals surface area contributed by atoms with Crippen LogP contribution >= 0.6 is 0 Å². The van der Waals surface area contributed by atoms with E-state index >= 15 is 0 Å². The molecule has 0 saturated heterocycles. The number of aryl methyl sites for hydroxylation is 1. The van der Waals surface area contributed by atoms with Crippen molar-refractivity contribution in [3.63, 3.8) is 0 Å². The molecule has 0 aromatic heterocycles. The lowest BCUT2D eigenvalue weighted by atomic mass is 9.83. The van der Waals surface area contributed by atoms with Gasteiger partial charge in [-0.2, -0.15) is 5.26 Å². The van der Waals surface area contributed by atoms with Gasteiger partial charge in [-0.05, 0) is 42.9 Å². The van der Waals surface area contributed by atoms with Gasteiger partial charge < -0.3 is 0 Å². The van der Waals surface area contributed by atoms with Crippen molar-refractivity contribution >= 4 is 0 Å². The Balaban J connectivity index is 2.37. The van der Waals surface area contributed by atoms with Gasteiger partial charge in [0.1, 0.15) is 0 Å². The van der Waals surface area contributed by atoms with E-state index in [0.717, 1.165) is 19.3 Å². The Morgan fingerprint density at radius 3 is 3.08 bits per heavy atom. The van der Waals surface area contributed by atoms with Crippen molar-refractivity contribution in [1.29, 1.82) is 5.26 Å². The van der Waals surface area contributed by atoms with Gasteiger partial charge in [0.25, 0.3) is 0 Å². The molecule has 0 saturated carbocycles.